The van der Waals surface area contributed by atoms with E-state index in [1.807, 2.05) is 0 Å². The van der Waals surface area contributed by atoms with E-state index in [-0.39, 0.29) is 11.1 Å². The molecule has 0 aliphatic carbocycles. The van der Waals surface area contributed by atoms with Gasteiger partial charge in [0.2, 0.25) is 5.56 Å². The normalized spacial score (nSPS) is 10.8. The highest BCUT2D eigenvalue weighted by molar-refractivity contribution is 8.00. The molecule has 0 saturated heterocycles. The lowest BCUT2D eigenvalue weighted by molar-refractivity contribution is -0.141. The van der Waals surface area contributed by atoms with Crippen molar-refractivity contribution in [3.8, 4) is 17.6 Å². The zero-order valence-electron chi connectivity index (χ0n) is 15.5. The Morgan fingerprint density at radius 1 is 1.29 bits per heavy atom. The van der Waals surface area contributed by atoms with Gasteiger partial charge in [0.15, 0.2) is 5.01 Å². The molecule has 160 valence electrons. The van der Waals surface area contributed by atoms with E-state index in [1.165, 1.54) is 30.6 Å². The summed E-state index contributed by atoms with van der Waals surface area (Å²) < 4.78 is 46.5. The van der Waals surface area contributed by atoms with Crippen molar-refractivity contribution in [2.75, 3.05) is 11.8 Å². The van der Waals surface area contributed by atoms with E-state index in [4.69, 9.17) is 9.84 Å². The molecule has 7 nitrogen and oxygen atoms in total. The van der Waals surface area contributed by atoms with Gasteiger partial charge in [-0.25, -0.2) is 9.78 Å². The number of carboxylic acids is 1. The number of aromatic nitrogens is 2. The number of anilines is 1. The third kappa shape index (κ3) is 5.80. The molecule has 12 heteroatoms. The van der Waals surface area contributed by atoms with Crippen LogP contribution in [0, 0.1) is 11.8 Å². The summed E-state index contributed by atoms with van der Waals surface area (Å²) in [7, 11) is 1.41. The number of nitrogens with one attached hydrogen (secondary N) is 2. The molecule has 1 aromatic carbocycles. The van der Waals surface area contributed by atoms with E-state index < -0.39 is 23.4 Å². The maximum Gasteiger partial charge on any atom is 0.431 e. The van der Waals surface area contributed by atoms with Crippen molar-refractivity contribution in [1.82, 2.24) is 9.97 Å². The van der Waals surface area contributed by atoms with E-state index in [0.29, 0.717) is 21.5 Å². The monoisotopic (exact) mass is 467 g/mol. The number of carbonyl (C=O) groups is 1. The largest absolute Gasteiger partial charge is 0.495 e. The van der Waals surface area contributed by atoms with Crippen LogP contribution < -0.4 is 15.0 Å². The van der Waals surface area contributed by atoms with Crippen LogP contribution in [0.3, 0.4) is 0 Å². The number of hydrogen-bond acceptors (Lipinski definition) is 7. The summed E-state index contributed by atoms with van der Waals surface area (Å²) in [6, 6.07) is 6.07. The second-order valence-electron chi connectivity index (χ2n) is 5.81. The van der Waals surface area contributed by atoms with Crippen molar-refractivity contribution in [1.29, 1.82) is 0 Å². The summed E-state index contributed by atoms with van der Waals surface area (Å²) in [5.41, 5.74) is -1.55. The summed E-state index contributed by atoms with van der Waals surface area (Å²) in [6.45, 7) is 0. The van der Waals surface area contributed by atoms with Crippen LogP contribution in [0.5, 0.6) is 5.75 Å². The molecule has 0 aliphatic rings. The number of H-pyrrole nitrogens is 1. The Kier molecular flexibility index (Phi) is 6.57. The molecule has 0 fully saturated rings. The molecular formula is C19H12F3N3O4S2. The summed E-state index contributed by atoms with van der Waals surface area (Å²) in [6.07, 6.45) is -4.68. The van der Waals surface area contributed by atoms with Crippen LogP contribution in [-0.2, 0) is 6.18 Å². The molecule has 3 N–H and O–H groups in total. The van der Waals surface area contributed by atoms with Crippen molar-refractivity contribution in [3.05, 3.63) is 67.9 Å². The number of pyridine rings is 1. The maximum absolute atomic E-state index is 12.8. The molecule has 2 aromatic heterocycles. The fraction of sp³-hybridized carbons (Fsp3) is 0.105. The van der Waals surface area contributed by atoms with Gasteiger partial charge in [0.25, 0.3) is 0 Å². The molecule has 3 aromatic rings. The Morgan fingerprint density at radius 3 is 2.74 bits per heavy atom. The molecule has 0 spiro atoms. The highest BCUT2D eigenvalue weighted by Gasteiger charge is 2.32. The minimum absolute atomic E-state index is 0.0760. The van der Waals surface area contributed by atoms with E-state index in [9.17, 15) is 22.8 Å². The Bertz CT molecular complexity index is 1240. The number of thiazole rings is 1. The molecule has 0 radical (unpaired) electrons. The zero-order valence-corrected chi connectivity index (χ0v) is 17.2. The van der Waals surface area contributed by atoms with E-state index in [1.54, 1.807) is 16.4 Å². The summed E-state index contributed by atoms with van der Waals surface area (Å²) >= 11 is 2.29. The lowest BCUT2D eigenvalue weighted by Gasteiger charge is -2.10. The van der Waals surface area contributed by atoms with Crippen molar-refractivity contribution < 1.29 is 27.8 Å². The van der Waals surface area contributed by atoms with Crippen molar-refractivity contribution >= 4 is 34.9 Å². The Hall–Kier alpha value is -3.43. The third-order valence-electron chi connectivity index (χ3n) is 3.66. The van der Waals surface area contributed by atoms with Gasteiger partial charge >= 0.3 is 12.1 Å². The first-order chi connectivity index (χ1) is 14.7. The maximum atomic E-state index is 12.8. The number of ether oxygens (including phenoxy) is 1. The predicted octanol–water partition coefficient (Wildman–Crippen LogP) is 4.08. The Balaban J connectivity index is 1.72. The number of methoxy groups -OCH3 is 1. The summed E-state index contributed by atoms with van der Waals surface area (Å²) in [4.78, 5) is 28.4. The smallest absolute Gasteiger partial charge is 0.431 e. The Morgan fingerprint density at radius 2 is 2.06 bits per heavy atom. The van der Waals surface area contributed by atoms with Crippen LogP contribution in [0.25, 0.3) is 0 Å². The molecule has 2 heterocycles. The first-order valence-electron chi connectivity index (χ1n) is 8.29. The quantitative estimate of drug-likeness (QED) is 0.384. The highest BCUT2D eigenvalue weighted by Crippen LogP contribution is 2.31. The standard InChI is InChI=1S/C19H12F3N3O4S2/c1-29-13-8-11(18(27)28)3-4-12(13)25-31-17-9-30-16(24-17)5-2-10-6-14(19(20,21)22)23-15(26)7-10/h3-4,6-9,25H,1H3,(H,23,26)(H,27,28). The van der Waals surface area contributed by atoms with Gasteiger partial charge in [0.05, 0.1) is 18.4 Å². The van der Waals surface area contributed by atoms with Gasteiger partial charge in [0, 0.05) is 29.0 Å². The SMILES string of the molecule is COc1cc(C(=O)O)ccc1NSc1csc(C#Cc2cc(C(F)(F)F)[nH]c(=O)c2)n1. The van der Waals surface area contributed by atoms with Crippen LogP contribution in [-0.4, -0.2) is 28.2 Å². The average molecular weight is 467 g/mol. The zero-order chi connectivity index (χ0) is 22.6. The highest BCUT2D eigenvalue weighted by atomic mass is 32.2. The first-order valence-corrected chi connectivity index (χ1v) is 9.98. The first kappa shape index (κ1) is 22.3. The van der Waals surface area contributed by atoms with Gasteiger partial charge in [0.1, 0.15) is 16.5 Å². The van der Waals surface area contributed by atoms with E-state index in [2.05, 4.69) is 21.5 Å². The number of hydrogen-bond donors (Lipinski definition) is 3. The minimum Gasteiger partial charge on any atom is -0.495 e. The van der Waals surface area contributed by atoms with Crippen molar-refractivity contribution in [2.45, 2.75) is 11.2 Å². The molecule has 31 heavy (non-hydrogen) atoms. The molecule has 0 unspecified atom stereocenters. The summed E-state index contributed by atoms with van der Waals surface area (Å²) in [5.74, 6) is 4.39. The van der Waals surface area contributed by atoms with Gasteiger partial charge in [-0.1, -0.05) is 5.92 Å². The van der Waals surface area contributed by atoms with Gasteiger partial charge in [-0.05, 0) is 30.2 Å². The third-order valence-corrected chi connectivity index (χ3v) is 5.31. The molecular weight excluding hydrogens is 455 g/mol. The van der Waals surface area contributed by atoms with Crippen LogP contribution in [0.2, 0.25) is 0 Å². The van der Waals surface area contributed by atoms with Crippen LogP contribution in [0.15, 0.2) is 45.5 Å². The fourth-order valence-electron chi connectivity index (χ4n) is 2.27. The van der Waals surface area contributed by atoms with Crippen LogP contribution in [0.4, 0.5) is 18.9 Å². The minimum atomic E-state index is -4.68. The number of benzene rings is 1. The van der Waals surface area contributed by atoms with Gasteiger partial charge in [-0.15, -0.1) is 11.3 Å². The number of nitrogens with zero attached hydrogens (tertiary/aromatic N) is 1. The number of aromatic carboxylic acids is 1. The van der Waals surface area contributed by atoms with E-state index in [0.717, 1.165) is 24.1 Å². The van der Waals surface area contributed by atoms with Gasteiger partial charge in [-0.3, -0.25) is 4.79 Å². The lowest BCUT2D eigenvalue weighted by Crippen LogP contribution is -2.16. The van der Waals surface area contributed by atoms with Gasteiger partial charge < -0.3 is 19.5 Å². The lowest BCUT2D eigenvalue weighted by atomic mass is 10.2. The number of rotatable bonds is 5. The van der Waals surface area contributed by atoms with Crippen molar-refractivity contribution in [2.24, 2.45) is 0 Å². The predicted molar refractivity (Wildman–Crippen MR) is 110 cm³/mol. The number of aromatic amines is 1. The van der Waals surface area contributed by atoms with Gasteiger partial charge in [-0.2, -0.15) is 13.2 Å². The van der Waals surface area contributed by atoms with Crippen LogP contribution in [0.1, 0.15) is 26.6 Å². The van der Waals surface area contributed by atoms with Crippen LogP contribution >= 0.6 is 23.3 Å². The molecule has 0 atom stereocenters. The number of carboxylic acid groups (broad SMARTS) is 1. The second kappa shape index (κ2) is 9.15. The average Bonchev–Trinajstić information content (AvgIpc) is 3.17. The molecule has 0 saturated carbocycles. The molecule has 0 bridgehead atoms. The summed E-state index contributed by atoms with van der Waals surface area (Å²) in [5, 5.41) is 11.6. The second-order valence-corrected chi connectivity index (χ2v) is 7.49. The molecule has 0 aliphatic heterocycles. The van der Waals surface area contributed by atoms with E-state index >= 15 is 0 Å². The number of alkyl halides is 3. The Labute approximate surface area is 181 Å². The van der Waals surface area contributed by atoms with Crippen molar-refractivity contribution in [3.63, 3.8) is 0 Å². The fourth-order valence-corrected chi connectivity index (χ4v) is 3.71. The topological polar surface area (TPSA) is 104 Å². The molecule has 0 amide bonds. The number of halogens is 3. The molecule has 3 rings (SSSR count).